The molecule has 0 unspecified atom stereocenters. The van der Waals surface area contributed by atoms with E-state index in [1.54, 1.807) is 7.05 Å². The van der Waals surface area contributed by atoms with Crippen LogP contribution in [0.25, 0.3) is 0 Å². The number of nitrogens with one attached hydrogen (secondary N) is 3. The molecule has 0 radical (unpaired) electrons. The lowest BCUT2D eigenvalue weighted by molar-refractivity contribution is -0.121. The van der Waals surface area contributed by atoms with Gasteiger partial charge in [-0.25, -0.2) is 0 Å². The quantitative estimate of drug-likeness (QED) is 0.729. The van der Waals surface area contributed by atoms with Gasteiger partial charge in [0, 0.05) is 11.5 Å². The van der Waals surface area contributed by atoms with Gasteiger partial charge in [-0.1, -0.05) is 34.1 Å². The van der Waals surface area contributed by atoms with E-state index in [4.69, 9.17) is 0 Å². The molecule has 6 heteroatoms. The van der Waals surface area contributed by atoms with Crippen molar-refractivity contribution in [3.8, 4) is 0 Å². The number of rotatable bonds is 6. The average Bonchev–Trinajstić information content (AvgIpc) is 2.38. The first-order valence-corrected chi connectivity index (χ1v) is 6.79. The third-order valence-electron chi connectivity index (χ3n) is 2.60. The summed E-state index contributed by atoms with van der Waals surface area (Å²) >= 11 is 3.45. The maximum Gasteiger partial charge on any atom is 0.234 e. The second-order valence-electron chi connectivity index (χ2n) is 4.09. The van der Waals surface area contributed by atoms with Gasteiger partial charge >= 0.3 is 0 Å². The molecule has 5 nitrogen and oxygen atoms in total. The van der Waals surface area contributed by atoms with Crippen LogP contribution in [0.4, 0.5) is 0 Å². The van der Waals surface area contributed by atoms with E-state index in [1.807, 2.05) is 31.2 Å². The van der Waals surface area contributed by atoms with Crippen LogP contribution < -0.4 is 16.0 Å². The SMILES string of the molecule is CNC(=O)CNCC(=O)N[C@@H](C)c1ccccc1Br. The predicted octanol–water partition coefficient (Wildman–Crippen LogP) is 0.962. The topological polar surface area (TPSA) is 70.2 Å². The van der Waals surface area contributed by atoms with E-state index in [9.17, 15) is 9.59 Å². The van der Waals surface area contributed by atoms with Crippen LogP contribution in [0.5, 0.6) is 0 Å². The smallest absolute Gasteiger partial charge is 0.234 e. The third kappa shape index (κ3) is 5.40. The minimum Gasteiger partial charge on any atom is -0.358 e. The van der Waals surface area contributed by atoms with E-state index in [1.165, 1.54) is 0 Å². The molecule has 0 saturated heterocycles. The largest absolute Gasteiger partial charge is 0.358 e. The van der Waals surface area contributed by atoms with Crippen molar-refractivity contribution in [2.24, 2.45) is 0 Å². The Morgan fingerprint density at radius 1 is 1.21 bits per heavy atom. The fourth-order valence-electron chi connectivity index (χ4n) is 1.57. The molecule has 0 saturated carbocycles. The van der Waals surface area contributed by atoms with Gasteiger partial charge in [-0.05, 0) is 18.6 Å². The molecule has 1 aromatic carbocycles. The number of amides is 2. The van der Waals surface area contributed by atoms with Gasteiger partial charge in [0.15, 0.2) is 0 Å². The van der Waals surface area contributed by atoms with Gasteiger partial charge < -0.3 is 10.6 Å². The van der Waals surface area contributed by atoms with Crippen LogP contribution in [0.1, 0.15) is 18.5 Å². The predicted molar refractivity (Wildman–Crippen MR) is 77.6 cm³/mol. The molecule has 1 rings (SSSR count). The summed E-state index contributed by atoms with van der Waals surface area (Å²) in [6, 6.07) is 7.64. The van der Waals surface area contributed by atoms with E-state index >= 15 is 0 Å². The molecular weight excluding hydrogens is 310 g/mol. The van der Waals surface area contributed by atoms with Crippen molar-refractivity contribution < 1.29 is 9.59 Å². The summed E-state index contributed by atoms with van der Waals surface area (Å²) in [7, 11) is 1.55. The van der Waals surface area contributed by atoms with Gasteiger partial charge in [-0.3, -0.25) is 14.9 Å². The van der Waals surface area contributed by atoms with Gasteiger partial charge in [-0.2, -0.15) is 0 Å². The average molecular weight is 328 g/mol. The lowest BCUT2D eigenvalue weighted by Crippen LogP contribution is -2.39. The number of hydrogen-bond acceptors (Lipinski definition) is 3. The molecule has 3 N–H and O–H groups in total. The highest BCUT2D eigenvalue weighted by atomic mass is 79.9. The molecule has 0 aliphatic rings. The summed E-state index contributed by atoms with van der Waals surface area (Å²) in [6.45, 7) is 2.16. The van der Waals surface area contributed by atoms with Gasteiger partial charge in [0.25, 0.3) is 0 Å². The van der Waals surface area contributed by atoms with E-state index in [2.05, 4.69) is 31.9 Å². The highest BCUT2D eigenvalue weighted by molar-refractivity contribution is 9.10. The van der Waals surface area contributed by atoms with Gasteiger partial charge in [0.1, 0.15) is 0 Å². The highest BCUT2D eigenvalue weighted by Crippen LogP contribution is 2.22. The lowest BCUT2D eigenvalue weighted by atomic mass is 10.1. The van der Waals surface area contributed by atoms with Crippen LogP contribution in [0, 0.1) is 0 Å². The van der Waals surface area contributed by atoms with E-state index < -0.39 is 0 Å². The van der Waals surface area contributed by atoms with Crippen molar-refractivity contribution in [3.63, 3.8) is 0 Å². The minimum absolute atomic E-state index is 0.0927. The fraction of sp³-hybridized carbons (Fsp3) is 0.385. The molecule has 2 amide bonds. The van der Waals surface area contributed by atoms with Crippen molar-refractivity contribution in [3.05, 3.63) is 34.3 Å². The number of likely N-dealkylation sites (N-methyl/N-ethyl adjacent to an activating group) is 1. The molecule has 19 heavy (non-hydrogen) atoms. The molecule has 0 heterocycles. The zero-order chi connectivity index (χ0) is 14.3. The first kappa shape index (κ1) is 15.7. The zero-order valence-corrected chi connectivity index (χ0v) is 12.6. The second-order valence-corrected chi connectivity index (χ2v) is 4.94. The minimum atomic E-state index is -0.147. The second kappa shape index (κ2) is 7.91. The summed E-state index contributed by atoms with van der Waals surface area (Å²) in [6.07, 6.45) is 0. The Bertz CT molecular complexity index is 451. The van der Waals surface area contributed by atoms with Gasteiger partial charge in [0.05, 0.1) is 19.1 Å². The maximum absolute atomic E-state index is 11.7. The van der Waals surface area contributed by atoms with Crippen molar-refractivity contribution in [1.82, 2.24) is 16.0 Å². The maximum atomic E-state index is 11.7. The Kier molecular flexibility index (Phi) is 6.52. The summed E-state index contributed by atoms with van der Waals surface area (Å²) < 4.78 is 0.959. The third-order valence-corrected chi connectivity index (χ3v) is 3.32. The van der Waals surface area contributed by atoms with Crippen LogP contribution in [0.2, 0.25) is 0 Å². The van der Waals surface area contributed by atoms with Gasteiger partial charge in [0.2, 0.25) is 11.8 Å². The number of benzene rings is 1. The monoisotopic (exact) mass is 327 g/mol. The van der Waals surface area contributed by atoms with Crippen LogP contribution >= 0.6 is 15.9 Å². The van der Waals surface area contributed by atoms with Crippen LogP contribution in [0.3, 0.4) is 0 Å². The van der Waals surface area contributed by atoms with Gasteiger partial charge in [-0.15, -0.1) is 0 Å². The molecule has 1 atom stereocenters. The van der Waals surface area contributed by atoms with Crippen molar-refractivity contribution >= 4 is 27.7 Å². The molecule has 0 fully saturated rings. The lowest BCUT2D eigenvalue weighted by Gasteiger charge is -2.16. The Balaban J connectivity index is 2.40. The molecule has 0 aliphatic carbocycles. The van der Waals surface area contributed by atoms with Crippen LogP contribution in [-0.4, -0.2) is 32.0 Å². The molecule has 0 aliphatic heterocycles. The van der Waals surface area contributed by atoms with E-state index in [0.29, 0.717) is 0 Å². The van der Waals surface area contributed by atoms with E-state index in [0.717, 1.165) is 10.0 Å². The van der Waals surface area contributed by atoms with Crippen molar-refractivity contribution in [2.45, 2.75) is 13.0 Å². The number of carbonyl (C=O) groups excluding carboxylic acids is 2. The summed E-state index contributed by atoms with van der Waals surface area (Å²) in [5.41, 5.74) is 1.02. The summed E-state index contributed by atoms with van der Waals surface area (Å²) in [5, 5.41) is 8.11. The highest BCUT2D eigenvalue weighted by Gasteiger charge is 2.11. The summed E-state index contributed by atoms with van der Waals surface area (Å²) in [4.78, 5) is 22.7. The first-order chi connectivity index (χ1) is 9.04. The van der Waals surface area contributed by atoms with Crippen LogP contribution in [-0.2, 0) is 9.59 Å². The van der Waals surface area contributed by atoms with Crippen molar-refractivity contribution in [2.75, 3.05) is 20.1 Å². The Morgan fingerprint density at radius 3 is 2.47 bits per heavy atom. The number of halogens is 1. The molecule has 104 valence electrons. The Labute approximate surface area is 121 Å². The Hall–Kier alpha value is -1.40. The molecule has 0 spiro atoms. The van der Waals surface area contributed by atoms with Crippen molar-refractivity contribution in [1.29, 1.82) is 0 Å². The molecule has 0 aromatic heterocycles. The molecule has 1 aromatic rings. The first-order valence-electron chi connectivity index (χ1n) is 5.99. The van der Waals surface area contributed by atoms with Crippen LogP contribution in [0.15, 0.2) is 28.7 Å². The Morgan fingerprint density at radius 2 is 1.84 bits per heavy atom. The molecule has 0 bridgehead atoms. The summed E-state index contributed by atoms with van der Waals surface area (Å²) in [5.74, 6) is -0.293. The fourth-order valence-corrected chi connectivity index (χ4v) is 2.20. The molecular formula is C13H18BrN3O2. The zero-order valence-electron chi connectivity index (χ0n) is 11.0. The number of hydrogen-bond donors (Lipinski definition) is 3. The van der Waals surface area contributed by atoms with E-state index in [-0.39, 0.29) is 30.9 Å². The standard InChI is InChI=1S/C13H18BrN3O2/c1-9(10-5-3-4-6-11(10)14)17-13(19)8-16-7-12(18)15-2/h3-6,9,16H,7-8H2,1-2H3,(H,15,18)(H,17,19)/t9-/m0/s1. The number of carbonyl (C=O) groups is 2. The normalized spacial score (nSPS) is 11.7.